The summed E-state index contributed by atoms with van der Waals surface area (Å²) in [6, 6.07) is 11.2. The first-order valence-corrected chi connectivity index (χ1v) is 7.84. The predicted octanol–water partition coefficient (Wildman–Crippen LogP) is 2.49. The van der Waals surface area contributed by atoms with Gasteiger partial charge in [0.15, 0.2) is 0 Å². The number of rotatable bonds is 5. The number of hydrogen-bond acceptors (Lipinski definition) is 2. The molecule has 0 radical (unpaired) electrons. The van der Waals surface area contributed by atoms with E-state index >= 15 is 0 Å². The Morgan fingerprint density at radius 3 is 2.65 bits per heavy atom. The molecule has 3 nitrogen and oxygen atoms in total. The Kier molecular flexibility index (Phi) is 4.06. The highest BCUT2D eigenvalue weighted by Crippen LogP contribution is 2.29. The van der Waals surface area contributed by atoms with Gasteiger partial charge in [-0.1, -0.05) is 30.3 Å². The minimum atomic E-state index is 0.323. The fourth-order valence-corrected chi connectivity index (χ4v) is 3.28. The van der Waals surface area contributed by atoms with Crippen molar-refractivity contribution in [1.29, 1.82) is 0 Å². The summed E-state index contributed by atoms with van der Waals surface area (Å²) in [7, 11) is 0. The number of carbonyl (C=O) groups excluding carboxylic acids is 1. The Balaban J connectivity index is 1.54. The molecule has 0 aromatic heterocycles. The first kappa shape index (κ1) is 13.6. The van der Waals surface area contributed by atoms with Gasteiger partial charge in [-0.2, -0.15) is 0 Å². The van der Waals surface area contributed by atoms with Gasteiger partial charge in [0.05, 0.1) is 6.54 Å². The molecule has 0 N–H and O–H groups in total. The topological polar surface area (TPSA) is 23.6 Å². The Hall–Kier alpha value is -1.35. The first-order valence-electron chi connectivity index (χ1n) is 7.84. The van der Waals surface area contributed by atoms with Crippen molar-refractivity contribution in [2.75, 3.05) is 26.2 Å². The van der Waals surface area contributed by atoms with E-state index in [1.54, 1.807) is 0 Å². The van der Waals surface area contributed by atoms with Gasteiger partial charge >= 0.3 is 0 Å². The molecule has 20 heavy (non-hydrogen) atoms. The second-order valence-corrected chi connectivity index (χ2v) is 6.04. The summed E-state index contributed by atoms with van der Waals surface area (Å²) in [6.07, 6.45) is 3.57. The van der Waals surface area contributed by atoms with Crippen molar-refractivity contribution in [2.45, 2.75) is 38.1 Å². The van der Waals surface area contributed by atoms with Gasteiger partial charge in [0.25, 0.3) is 0 Å². The summed E-state index contributed by atoms with van der Waals surface area (Å²) >= 11 is 0. The van der Waals surface area contributed by atoms with Crippen LogP contribution in [-0.2, 0) is 4.79 Å². The number of amides is 1. The fraction of sp³-hybridized carbons (Fsp3) is 0.588. The van der Waals surface area contributed by atoms with Crippen LogP contribution >= 0.6 is 0 Å². The normalized spacial score (nSPS) is 22.9. The molecule has 3 heteroatoms. The van der Waals surface area contributed by atoms with Crippen molar-refractivity contribution in [3.05, 3.63) is 35.9 Å². The molecule has 1 amide bonds. The number of nitrogens with zero attached hydrogens (tertiary/aromatic N) is 2. The molecule has 0 spiro atoms. The Labute approximate surface area is 121 Å². The van der Waals surface area contributed by atoms with Gasteiger partial charge in [-0.25, -0.2) is 0 Å². The van der Waals surface area contributed by atoms with E-state index in [1.165, 1.54) is 24.8 Å². The van der Waals surface area contributed by atoms with Crippen molar-refractivity contribution >= 4 is 5.91 Å². The number of hydrogen-bond donors (Lipinski definition) is 0. The zero-order valence-corrected chi connectivity index (χ0v) is 12.3. The van der Waals surface area contributed by atoms with E-state index in [4.69, 9.17) is 0 Å². The smallest absolute Gasteiger partial charge is 0.236 e. The fourth-order valence-electron chi connectivity index (χ4n) is 3.28. The molecule has 1 heterocycles. The van der Waals surface area contributed by atoms with E-state index in [-0.39, 0.29) is 0 Å². The Morgan fingerprint density at radius 1 is 1.25 bits per heavy atom. The SMILES string of the molecule is CCN(C(=O)CN1CC[C@H](c2ccccc2)C1)C1CC1. The van der Waals surface area contributed by atoms with Gasteiger partial charge in [-0.15, -0.1) is 0 Å². The molecule has 2 fully saturated rings. The minimum Gasteiger partial charge on any atom is -0.339 e. The highest BCUT2D eigenvalue weighted by atomic mass is 16.2. The van der Waals surface area contributed by atoms with Crippen LogP contribution in [0.15, 0.2) is 30.3 Å². The van der Waals surface area contributed by atoms with E-state index in [2.05, 4.69) is 47.1 Å². The third-order valence-electron chi connectivity index (χ3n) is 4.55. The quantitative estimate of drug-likeness (QED) is 0.822. The Bertz CT molecular complexity index is 455. The number of likely N-dealkylation sites (tertiary alicyclic amines) is 1. The van der Waals surface area contributed by atoms with Gasteiger partial charge in [0.1, 0.15) is 0 Å². The highest BCUT2D eigenvalue weighted by Gasteiger charge is 2.33. The summed E-state index contributed by atoms with van der Waals surface area (Å²) in [4.78, 5) is 16.7. The molecule has 1 aliphatic heterocycles. The van der Waals surface area contributed by atoms with Crippen LogP contribution in [0.3, 0.4) is 0 Å². The molecule has 1 aromatic rings. The van der Waals surface area contributed by atoms with Gasteiger partial charge in [0.2, 0.25) is 5.91 Å². The van der Waals surface area contributed by atoms with Crippen molar-refractivity contribution in [3.8, 4) is 0 Å². The van der Waals surface area contributed by atoms with Crippen LogP contribution in [0.25, 0.3) is 0 Å². The number of benzene rings is 1. The summed E-state index contributed by atoms with van der Waals surface area (Å²) in [5.74, 6) is 0.920. The van der Waals surface area contributed by atoms with Crippen molar-refractivity contribution in [2.24, 2.45) is 0 Å². The van der Waals surface area contributed by atoms with Crippen molar-refractivity contribution in [3.63, 3.8) is 0 Å². The van der Waals surface area contributed by atoms with Crippen LogP contribution in [0.4, 0.5) is 0 Å². The summed E-state index contributed by atoms with van der Waals surface area (Å²) < 4.78 is 0. The van der Waals surface area contributed by atoms with Gasteiger partial charge in [-0.05, 0) is 44.2 Å². The highest BCUT2D eigenvalue weighted by molar-refractivity contribution is 5.79. The molecule has 0 bridgehead atoms. The van der Waals surface area contributed by atoms with Crippen molar-refractivity contribution in [1.82, 2.24) is 9.80 Å². The molecule has 2 aliphatic rings. The van der Waals surface area contributed by atoms with E-state index in [9.17, 15) is 4.79 Å². The lowest BCUT2D eigenvalue weighted by atomic mass is 9.99. The van der Waals surface area contributed by atoms with E-state index < -0.39 is 0 Å². The monoisotopic (exact) mass is 272 g/mol. The van der Waals surface area contributed by atoms with E-state index in [1.807, 2.05) is 0 Å². The van der Waals surface area contributed by atoms with Crippen LogP contribution < -0.4 is 0 Å². The van der Waals surface area contributed by atoms with E-state index in [0.717, 1.165) is 19.6 Å². The summed E-state index contributed by atoms with van der Waals surface area (Å²) in [5.41, 5.74) is 1.41. The number of carbonyl (C=O) groups is 1. The molecule has 1 atom stereocenters. The summed E-state index contributed by atoms with van der Waals surface area (Å²) in [6.45, 7) is 5.63. The van der Waals surface area contributed by atoms with Crippen LogP contribution in [0.5, 0.6) is 0 Å². The molecule has 1 aromatic carbocycles. The second kappa shape index (κ2) is 5.96. The average Bonchev–Trinajstić information content (AvgIpc) is 3.19. The first-order chi connectivity index (χ1) is 9.78. The predicted molar refractivity (Wildman–Crippen MR) is 80.6 cm³/mol. The van der Waals surface area contributed by atoms with E-state index in [0.29, 0.717) is 24.4 Å². The summed E-state index contributed by atoms with van der Waals surface area (Å²) in [5, 5.41) is 0. The molecule has 0 unspecified atom stereocenters. The molecular formula is C17H24N2O. The molecule has 1 aliphatic carbocycles. The second-order valence-electron chi connectivity index (χ2n) is 6.04. The lowest BCUT2D eigenvalue weighted by molar-refractivity contribution is -0.132. The molecule has 1 saturated heterocycles. The van der Waals surface area contributed by atoms with Crippen LogP contribution in [0, 0.1) is 0 Å². The largest absolute Gasteiger partial charge is 0.339 e. The van der Waals surface area contributed by atoms with Gasteiger partial charge < -0.3 is 4.90 Å². The molecule has 3 rings (SSSR count). The molecular weight excluding hydrogens is 248 g/mol. The van der Waals surface area contributed by atoms with Crippen molar-refractivity contribution < 1.29 is 4.79 Å². The van der Waals surface area contributed by atoms with Crippen LogP contribution in [-0.4, -0.2) is 47.9 Å². The maximum absolute atomic E-state index is 12.3. The standard InChI is InChI=1S/C17H24N2O/c1-2-19(16-8-9-16)17(20)13-18-11-10-15(12-18)14-6-4-3-5-7-14/h3-7,15-16H,2,8-13H2,1H3/t15-/m0/s1. The minimum absolute atomic E-state index is 0.323. The maximum Gasteiger partial charge on any atom is 0.236 e. The molecule has 1 saturated carbocycles. The van der Waals surface area contributed by atoms with Crippen LogP contribution in [0.1, 0.15) is 37.7 Å². The molecule has 108 valence electrons. The zero-order chi connectivity index (χ0) is 13.9. The third-order valence-corrected chi connectivity index (χ3v) is 4.55. The lowest BCUT2D eigenvalue weighted by Gasteiger charge is -2.24. The zero-order valence-electron chi connectivity index (χ0n) is 12.3. The maximum atomic E-state index is 12.3. The Morgan fingerprint density at radius 2 is 2.00 bits per heavy atom. The van der Waals surface area contributed by atoms with Gasteiger partial charge in [0, 0.05) is 19.1 Å². The number of likely N-dealkylation sites (N-methyl/N-ethyl adjacent to an activating group) is 1. The third kappa shape index (κ3) is 3.04. The van der Waals surface area contributed by atoms with Crippen LogP contribution in [0.2, 0.25) is 0 Å². The van der Waals surface area contributed by atoms with Gasteiger partial charge in [-0.3, -0.25) is 9.69 Å². The average molecular weight is 272 g/mol. The lowest BCUT2D eigenvalue weighted by Crippen LogP contribution is -2.40.